The lowest BCUT2D eigenvalue weighted by Crippen LogP contribution is -2.35. The first-order chi connectivity index (χ1) is 10.0. The predicted molar refractivity (Wildman–Crippen MR) is 76.5 cm³/mol. The van der Waals surface area contributed by atoms with Crippen molar-refractivity contribution >= 4 is 15.7 Å². The Kier molecular flexibility index (Phi) is 3.50. The van der Waals surface area contributed by atoms with Gasteiger partial charge in [0, 0.05) is 17.7 Å². The van der Waals surface area contributed by atoms with Crippen LogP contribution >= 0.6 is 0 Å². The molecule has 1 aliphatic rings. The molecule has 1 aromatic heterocycles. The quantitative estimate of drug-likeness (QED) is 0.922. The van der Waals surface area contributed by atoms with Gasteiger partial charge in [-0.05, 0) is 6.42 Å². The minimum Gasteiger partial charge on any atom is -0.350 e. The van der Waals surface area contributed by atoms with Crippen molar-refractivity contribution in [3.8, 4) is 11.3 Å². The highest BCUT2D eigenvalue weighted by Gasteiger charge is 2.30. The topological polar surface area (TPSA) is 89.3 Å². The lowest BCUT2D eigenvalue weighted by atomic mass is 10.1. The Morgan fingerprint density at radius 3 is 2.71 bits per heavy atom. The Balaban J connectivity index is 1.70. The summed E-state index contributed by atoms with van der Waals surface area (Å²) in [6.45, 7) is 0. The van der Waals surface area contributed by atoms with E-state index in [-0.39, 0.29) is 23.3 Å². The molecule has 0 spiro atoms. The molecule has 1 N–H and O–H groups in total. The second-order valence-electron chi connectivity index (χ2n) is 5.02. The highest BCUT2D eigenvalue weighted by molar-refractivity contribution is 7.91. The van der Waals surface area contributed by atoms with Crippen LogP contribution in [0.4, 0.5) is 0 Å². The van der Waals surface area contributed by atoms with E-state index in [0.717, 1.165) is 5.56 Å². The summed E-state index contributed by atoms with van der Waals surface area (Å²) in [6, 6.07) is 10.5. The molecule has 0 radical (unpaired) electrons. The molecule has 1 fully saturated rings. The maximum Gasteiger partial charge on any atom is 0.290 e. The number of hydrogen-bond acceptors (Lipinski definition) is 5. The Labute approximate surface area is 122 Å². The summed E-state index contributed by atoms with van der Waals surface area (Å²) in [5.41, 5.74) is 1.42. The second kappa shape index (κ2) is 5.33. The van der Waals surface area contributed by atoms with E-state index in [1.807, 2.05) is 30.3 Å². The average molecular weight is 306 g/mol. The fourth-order valence-corrected chi connectivity index (χ4v) is 3.97. The molecule has 0 unspecified atom stereocenters. The van der Waals surface area contributed by atoms with Crippen LogP contribution in [0.5, 0.6) is 0 Å². The highest BCUT2D eigenvalue weighted by Crippen LogP contribution is 2.19. The number of aromatic nitrogens is 1. The maximum atomic E-state index is 12.0. The molecule has 110 valence electrons. The molecule has 1 atom stereocenters. The fraction of sp³-hybridized carbons (Fsp3) is 0.286. The van der Waals surface area contributed by atoms with Gasteiger partial charge in [-0.1, -0.05) is 35.5 Å². The van der Waals surface area contributed by atoms with Gasteiger partial charge in [-0.15, -0.1) is 0 Å². The number of rotatable bonds is 3. The number of amides is 1. The van der Waals surface area contributed by atoms with Crippen molar-refractivity contribution in [2.45, 2.75) is 12.5 Å². The predicted octanol–water partition coefficient (Wildman–Crippen LogP) is 1.26. The van der Waals surface area contributed by atoms with Crippen molar-refractivity contribution < 1.29 is 17.7 Å². The zero-order chi connectivity index (χ0) is 14.9. The van der Waals surface area contributed by atoms with Gasteiger partial charge in [0.15, 0.2) is 9.84 Å². The minimum atomic E-state index is -3.02. The fourth-order valence-electron chi connectivity index (χ4n) is 2.29. The van der Waals surface area contributed by atoms with Crippen LogP contribution in [-0.4, -0.2) is 37.0 Å². The van der Waals surface area contributed by atoms with Gasteiger partial charge in [-0.25, -0.2) is 8.42 Å². The van der Waals surface area contributed by atoms with Crippen molar-refractivity contribution in [2.24, 2.45) is 0 Å². The summed E-state index contributed by atoms with van der Waals surface area (Å²) < 4.78 is 27.8. The normalized spacial score (nSPS) is 20.3. The Morgan fingerprint density at radius 1 is 1.29 bits per heavy atom. The second-order valence-corrected chi connectivity index (χ2v) is 7.24. The van der Waals surface area contributed by atoms with Crippen LogP contribution in [0.1, 0.15) is 17.0 Å². The van der Waals surface area contributed by atoms with Crippen LogP contribution in [0.2, 0.25) is 0 Å². The van der Waals surface area contributed by atoms with Crippen molar-refractivity contribution in [1.29, 1.82) is 0 Å². The first-order valence-electron chi connectivity index (χ1n) is 6.57. The van der Waals surface area contributed by atoms with E-state index in [1.165, 1.54) is 0 Å². The van der Waals surface area contributed by atoms with Gasteiger partial charge < -0.3 is 9.84 Å². The minimum absolute atomic E-state index is 0.0155. The number of sulfone groups is 1. The molecule has 21 heavy (non-hydrogen) atoms. The van der Waals surface area contributed by atoms with Crippen LogP contribution in [0.25, 0.3) is 11.3 Å². The average Bonchev–Trinajstić information content (AvgIpc) is 3.07. The molecule has 7 heteroatoms. The van der Waals surface area contributed by atoms with Crippen LogP contribution < -0.4 is 5.32 Å². The summed E-state index contributed by atoms with van der Waals surface area (Å²) >= 11 is 0. The molecular formula is C14H14N2O4S. The third-order valence-electron chi connectivity index (χ3n) is 3.37. The molecule has 2 heterocycles. The van der Waals surface area contributed by atoms with Crippen LogP contribution in [0.15, 0.2) is 40.9 Å². The van der Waals surface area contributed by atoms with Gasteiger partial charge in [0.1, 0.15) is 5.69 Å². The maximum absolute atomic E-state index is 12.0. The molecule has 3 rings (SSSR count). The summed E-state index contributed by atoms with van der Waals surface area (Å²) in [6.07, 6.45) is 0.438. The number of hydrogen-bond donors (Lipinski definition) is 1. The molecule has 0 saturated carbocycles. The SMILES string of the molecule is O=C(N[C@H]1CCS(=O)(=O)C1)c1cc(-c2ccccc2)no1. The monoisotopic (exact) mass is 306 g/mol. The molecule has 6 nitrogen and oxygen atoms in total. The number of nitrogens with zero attached hydrogens (tertiary/aromatic N) is 1. The van der Waals surface area contributed by atoms with Crippen molar-refractivity contribution in [3.05, 3.63) is 42.2 Å². The Bertz CT molecular complexity index is 752. The molecule has 1 aromatic carbocycles. The Morgan fingerprint density at radius 2 is 2.05 bits per heavy atom. The number of nitrogens with one attached hydrogen (secondary N) is 1. The van der Waals surface area contributed by atoms with E-state index < -0.39 is 15.7 Å². The van der Waals surface area contributed by atoms with Gasteiger partial charge in [0.25, 0.3) is 5.91 Å². The highest BCUT2D eigenvalue weighted by atomic mass is 32.2. The zero-order valence-corrected chi connectivity index (χ0v) is 12.0. The number of benzene rings is 1. The van der Waals surface area contributed by atoms with Crippen molar-refractivity contribution in [3.63, 3.8) is 0 Å². The van der Waals surface area contributed by atoms with E-state index in [9.17, 15) is 13.2 Å². The van der Waals surface area contributed by atoms with Gasteiger partial charge in [0.2, 0.25) is 5.76 Å². The van der Waals surface area contributed by atoms with Gasteiger partial charge in [0.05, 0.1) is 11.5 Å². The van der Waals surface area contributed by atoms with Crippen molar-refractivity contribution in [2.75, 3.05) is 11.5 Å². The summed E-state index contributed by atoms with van der Waals surface area (Å²) in [5, 5.41) is 6.52. The summed E-state index contributed by atoms with van der Waals surface area (Å²) in [5.74, 6) is -0.257. The number of carbonyl (C=O) groups excluding carboxylic acids is 1. The van der Waals surface area contributed by atoms with Crippen molar-refractivity contribution in [1.82, 2.24) is 10.5 Å². The Hall–Kier alpha value is -2.15. The first kappa shape index (κ1) is 13.8. The van der Waals surface area contributed by atoms with E-state index in [1.54, 1.807) is 6.07 Å². The molecule has 2 aromatic rings. The third kappa shape index (κ3) is 3.13. The lowest BCUT2D eigenvalue weighted by Gasteiger charge is -2.07. The molecule has 1 saturated heterocycles. The molecular weight excluding hydrogens is 292 g/mol. The molecule has 0 bridgehead atoms. The molecule has 1 amide bonds. The van der Waals surface area contributed by atoms with Crippen LogP contribution in [0, 0.1) is 0 Å². The van der Waals surface area contributed by atoms with Gasteiger partial charge in [-0.2, -0.15) is 0 Å². The van der Waals surface area contributed by atoms with E-state index in [0.29, 0.717) is 12.1 Å². The van der Waals surface area contributed by atoms with Gasteiger partial charge >= 0.3 is 0 Å². The summed E-state index contributed by atoms with van der Waals surface area (Å²) in [4.78, 5) is 12.0. The van der Waals surface area contributed by atoms with Crippen LogP contribution in [0.3, 0.4) is 0 Å². The summed E-state index contributed by atoms with van der Waals surface area (Å²) in [7, 11) is -3.02. The third-order valence-corrected chi connectivity index (χ3v) is 5.14. The van der Waals surface area contributed by atoms with Crippen LogP contribution in [-0.2, 0) is 9.84 Å². The first-order valence-corrected chi connectivity index (χ1v) is 8.39. The standard InChI is InChI=1S/C14H14N2O4S/c17-14(15-11-6-7-21(18,19)9-11)13-8-12(16-20-13)10-4-2-1-3-5-10/h1-5,8,11H,6-7,9H2,(H,15,17)/t11-/m0/s1. The molecule has 1 aliphatic heterocycles. The van der Waals surface area contributed by atoms with E-state index in [2.05, 4.69) is 10.5 Å². The van der Waals surface area contributed by atoms with Gasteiger partial charge in [-0.3, -0.25) is 4.79 Å². The largest absolute Gasteiger partial charge is 0.350 e. The van der Waals surface area contributed by atoms with E-state index in [4.69, 9.17) is 4.52 Å². The lowest BCUT2D eigenvalue weighted by molar-refractivity contribution is 0.0904. The number of carbonyl (C=O) groups is 1. The molecule has 0 aliphatic carbocycles. The zero-order valence-electron chi connectivity index (χ0n) is 11.2. The van der Waals surface area contributed by atoms with E-state index >= 15 is 0 Å². The smallest absolute Gasteiger partial charge is 0.290 e.